The van der Waals surface area contributed by atoms with Crippen LogP contribution in [-0.2, 0) is 20.9 Å². The molecule has 1 atom stereocenters. The van der Waals surface area contributed by atoms with E-state index >= 15 is 0 Å². The van der Waals surface area contributed by atoms with Crippen molar-refractivity contribution >= 4 is 23.4 Å². The smallest absolute Gasteiger partial charge is 0.247 e. The van der Waals surface area contributed by atoms with Crippen LogP contribution in [0.5, 0.6) is 0 Å². The molecule has 6 heteroatoms. The number of hydrogen-bond donors (Lipinski definition) is 1. The molecule has 0 bridgehead atoms. The summed E-state index contributed by atoms with van der Waals surface area (Å²) in [6, 6.07) is 15.9. The topological polar surface area (TPSA) is 58.6 Å². The van der Waals surface area contributed by atoms with Gasteiger partial charge in [0.2, 0.25) is 11.8 Å². The van der Waals surface area contributed by atoms with E-state index in [9.17, 15) is 9.59 Å². The van der Waals surface area contributed by atoms with Gasteiger partial charge in [0.1, 0.15) is 6.04 Å². The summed E-state index contributed by atoms with van der Waals surface area (Å²) in [5.41, 5.74) is 1.67. The van der Waals surface area contributed by atoms with Gasteiger partial charge in [-0.25, -0.2) is 0 Å². The van der Waals surface area contributed by atoms with Crippen molar-refractivity contribution in [3.05, 3.63) is 70.7 Å². The van der Waals surface area contributed by atoms with Gasteiger partial charge in [-0.05, 0) is 29.7 Å². The van der Waals surface area contributed by atoms with E-state index in [1.54, 1.807) is 24.1 Å². The largest absolute Gasteiger partial charge is 0.385 e. The van der Waals surface area contributed by atoms with Gasteiger partial charge in [-0.2, -0.15) is 0 Å². The average Bonchev–Trinajstić information content (AvgIpc) is 2.67. The fourth-order valence-corrected chi connectivity index (χ4v) is 2.93. The van der Waals surface area contributed by atoms with Crippen molar-refractivity contribution in [2.45, 2.75) is 25.9 Å². The van der Waals surface area contributed by atoms with Gasteiger partial charge in [0.05, 0.1) is 0 Å². The third kappa shape index (κ3) is 6.38. The molecule has 2 amide bonds. The highest BCUT2D eigenvalue weighted by Gasteiger charge is 2.29. The molecule has 0 unspecified atom stereocenters. The maximum absolute atomic E-state index is 12.9. The van der Waals surface area contributed by atoms with E-state index in [2.05, 4.69) is 5.32 Å². The molecule has 0 heterocycles. The summed E-state index contributed by atoms with van der Waals surface area (Å²) in [6.45, 7) is 2.85. The molecule has 0 fully saturated rings. The summed E-state index contributed by atoms with van der Waals surface area (Å²) in [4.78, 5) is 26.9. The SMILES string of the molecule is COCCCNC(=O)[C@H](c1ccccc1)N(Cc1ccc(Cl)cc1)C(C)=O. The minimum absolute atomic E-state index is 0.175. The predicted octanol–water partition coefficient (Wildman–Crippen LogP) is 3.58. The minimum atomic E-state index is -0.707. The van der Waals surface area contributed by atoms with Crippen molar-refractivity contribution in [1.82, 2.24) is 10.2 Å². The van der Waals surface area contributed by atoms with E-state index in [4.69, 9.17) is 16.3 Å². The van der Waals surface area contributed by atoms with E-state index in [0.717, 1.165) is 11.1 Å². The molecule has 2 aromatic rings. The second-order valence-corrected chi connectivity index (χ2v) is 6.66. The summed E-state index contributed by atoms with van der Waals surface area (Å²) in [6.07, 6.45) is 0.709. The van der Waals surface area contributed by atoms with Crippen LogP contribution in [0, 0.1) is 0 Å². The van der Waals surface area contributed by atoms with Crippen molar-refractivity contribution < 1.29 is 14.3 Å². The first-order chi connectivity index (χ1) is 13.0. The van der Waals surface area contributed by atoms with Gasteiger partial charge in [0.25, 0.3) is 0 Å². The van der Waals surface area contributed by atoms with Gasteiger partial charge in [-0.1, -0.05) is 54.1 Å². The molecular weight excluding hydrogens is 364 g/mol. The highest BCUT2D eigenvalue weighted by Crippen LogP contribution is 2.24. The van der Waals surface area contributed by atoms with E-state index in [1.807, 2.05) is 42.5 Å². The van der Waals surface area contributed by atoms with Crippen LogP contribution < -0.4 is 5.32 Å². The number of ether oxygens (including phenoxy) is 1. The van der Waals surface area contributed by atoms with Gasteiger partial charge < -0.3 is 15.0 Å². The third-order valence-corrected chi connectivity index (χ3v) is 4.42. The van der Waals surface area contributed by atoms with Gasteiger partial charge in [-0.15, -0.1) is 0 Å². The second-order valence-electron chi connectivity index (χ2n) is 6.22. The molecule has 0 aliphatic heterocycles. The lowest BCUT2D eigenvalue weighted by atomic mass is 10.0. The van der Waals surface area contributed by atoms with Crippen molar-refractivity contribution in [2.75, 3.05) is 20.3 Å². The molecule has 0 aliphatic rings. The number of halogens is 1. The normalized spacial score (nSPS) is 11.7. The molecule has 0 saturated carbocycles. The molecule has 0 spiro atoms. The number of hydrogen-bond acceptors (Lipinski definition) is 3. The predicted molar refractivity (Wildman–Crippen MR) is 106 cm³/mol. The Hall–Kier alpha value is -2.37. The van der Waals surface area contributed by atoms with Gasteiger partial charge in [-0.3, -0.25) is 9.59 Å². The summed E-state index contributed by atoms with van der Waals surface area (Å²) in [5, 5.41) is 3.54. The fourth-order valence-electron chi connectivity index (χ4n) is 2.80. The maximum Gasteiger partial charge on any atom is 0.247 e. The Morgan fingerprint density at radius 1 is 1.11 bits per heavy atom. The van der Waals surface area contributed by atoms with Gasteiger partial charge in [0.15, 0.2) is 0 Å². The average molecular weight is 389 g/mol. The van der Waals surface area contributed by atoms with Crippen molar-refractivity contribution in [3.63, 3.8) is 0 Å². The highest BCUT2D eigenvalue weighted by molar-refractivity contribution is 6.30. The van der Waals surface area contributed by atoms with Crippen molar-refractivity contribution in [1.29, 1.82) is 0 Å². The zero-order chi connectivity index (χ0) is 19.6. The van der Waals surface area contributed by atoms with Crippen LogP contribution >= 0.6 is 11.6 Å². The van der Waals surface area contributed by atoms with Crippen LogP contribution in [0.4, 0.5) is 0 Å². The summed E-state index contributed by atoms with van der Waals surface area (Å²) < 4.78 is 5.02. The lowest BCUT2D eigenvalue weighted by Crippen LogP contribution is -2.43. The Balaban J connectivity index is 2.26. The number of nitrogens with one attached hydrogen (secondary N) is 1. The Bertz CT molecular complexity index is 735. The quantitative estimate of drug-likeness (QED) is 0.668. The second kappa shape index (κ2) is 10.7. The molecule has 27 heavy (non-hydrogen) atoms. The maximum atomic E-state index is 12.9. The molecule has 2 rings (SSSR count). The Kier molecular flexibility index (Phi) is 8.30. The molecular formula is C21H25ClN2O3. The number of methoxy groups -OCH3 is 1. The number of nitrogens with zero attached hydrogens (tertiary/aromatic N) is 1. The lowest BCUT2D eigenvalue weighted by molar-refractivity contribution is -0.140. The van der Waals surface area contributed by atoms with Crippen LogP contribution in [-0.4, -0.2) is 37.0 Å². The van der Waals surface area contributed by atoms with E-state index in [1.165, 1.54) is 6.92 Å². The van der Waals surface area contributed by atoms with Crippen LogP contribution in [0.25, 0.3) is 0 Å². The van der Waals surface area contributed by atoms with Crippen LogP contribution in [0.15, 0.2) is 54.6 Å². The summed E-state index contributed by atoms with van der Waals surface area (Å²) in [7, 11) is 1.62. The first kappa shape index (κ1) is 20.9. The van der Waals surface area contributed by atoms with Crippen LogP contribution in [0.3, 0.4) is 0 Å². The lowest BCUT2D eigenvalue weighted by Gasteiger charge is -2.30. The Labute approximate surface area is 165 Å². The molecule has 0 aliphatic carbocycles. The number of carbonyl (C=O) groups is 2. The molecule has 0 aromatic heterocycles. The molecule has 144 valence electrons. The first-order valence-electron chi connectivity index (χ1n) is 8.86. The standard InChI is InChI=1S/C21H25ClN2O3/c1-16(25)24(15-17-9-11-19(22)12-10-17)20(18-7-4-3-5-8-18)21(26)23-13-6-14-27-2/h3-5,7-12,20H,6,13-15H2,1-2H3,(H,23,26)/t20-/m0/s1. The summed E-state index contributed by atoms with van der Waals surface area (Å²) in [5.74, 6) is -0.382. The Morgan fingerprint density at radius 2 is 1.78 bits per heavy atom. The molecule has 0 saturated heterocycles. The number of amides is 2. The first-order valence-corrected chi connectivity index (χ1v) is 9.24. The number of benzene rings is 2. The van der Waals surface area contributed by atoms with E-state index in [-0.39, 0.29) is 11.8 Å². The van der Waals surface area contributed by atoms with Crippen molar-refractivity contribution in [2.24, 2.45) is 0 Å². The minimum Gasteiger partial charge on any atom is -0.385 e. The number of carbonyl (C=O) groups excluding carboxylic acids is 2. The molecule has 1 N–H and O–H groups in total. The fraction of sp³-hybridized carbons (Fsp3) is 0.333. The third-order valence-electron chi connectivity index (χ3n) is 4.17. The Morgan fingerprint density at radius 3 is 2.37 bits per heavy atom. The van der Waals surface area contributed by atoms with Crippen LogP contribution in [0.2, 0.25) is 5.02 Å². The molecule has 2 aromatic carbocycles. The number of rotatable bonds is 9. The van der Waals surface area contributed by atoms with Crippen molar-refractivity contribution in [3.8, 4) is 0 Å². The van der Waals surface area contributed by atoms with Crippen LogP contribution in [0.1, 0.15) is 30.5 Å². The highest BCUT2D eigenvalue weighted by atomic mass is 35.5. The van der Waals surface area contributed by atoms with Gasteiger partial charge >= 0.3 is 0 Å². The van der Waals surface area contributed by atoms with Gasteiger partial charge in [0, 0.05) is 38.8 Å². The zero-order valence-electron chi connectivity index (χ0n) is 15.7. The molecule has 5 nitrogen and oxygen atoms in total. The summed E-state index contributed by atoms with van der Waals surface area (Å²) >= 11 is 5.95. The van der Waals surface area contributed by atoms with E-state index < -0.39 is 6.04 Å². The molecule has 0 radical (unpaired) electrons. The van der Waals surface area contributed by atoms with E-state index in [0.29, 0.717) is 31.1 Å². The monoisotopic (exact) mass is 388 g/mol. The zero-order valence-corrected chi connectivity index (χ0v) is 16.4.